The molecule has 2 aromatic carbocycles. The van der Waals surface area contributed by atoms with E-state index in [1.165, 1.54) is 6.07 Å². The van der Waals surface area contributed by atoms with Crippen molar-refractivity contribution in [1.82, 2.24) is 4.57 Å². The zero-order valence-corrected chi connectivity index (χ0v) is 17.2. The smallest absolute Gasteiger partial charge is 0.416 e. The van der Waals surface area contributed by atoms with Gasteiger partial charge in [0.1, 0.15) is 0 Å². The van der Waals surface area contributed by atoms with Crippen molar-refractivity contribution in [2.24, 2.45) is 0 Å². The second kappa shape index (κ2) is 8.07. The van der Waals surface area contributed by atoms with E-state index in [-0.39, 0.29) is 12.4 Å². The summed E-state index contributed by atoms with van der Waals surface area (Å²) in [4.78, 5) is 24.9. The summed E-state index contributed by atoms with van der Waals surface area (Å²) in [6.45, 7) is 3.12. The lowest BCUT2D eigenvalue weighted by Gasteiger charge is -2.11. The van der Waals surface area contributed by atoms with Crippen molar-refractivity contribution < 1.29 is 37.0 Å². The first kappa shape index (κ1) is 21.5. The first-order valence-corrected chi connectivity index (χ1v) is 9.61. The van der Waals surface area contributed by atoms with Crippen LogP contribution in [-0.2, 0) is 10.9 Å². The van der Waals surface area contributed by atoms with Crippen molar-refractivity contribution in [3.63, 3.8) is 0 Å². The number of rotatable bonds is 5. The predicted molar refractivity (Wildman–Crippen MR) is 107 cm³/mol. The molecule has 0 saturated carbocycles. The lowest BCUT2D eigenvalue weighted by atomic mass is 10.1. The number of aromatic nitrogens is 1. The van der Waals surface area contributed by atoms with Crippen LogP contribution in [0.2, 0.25) is 0 Å². The van der Waals surface area contributed by atoms with E-state index >= 15 is 0 Å². The quantitative estimate of drug-likeness (QED) is 0.414. The summed E-state index contributed by atoms with van der Waals surface area (Å²) in [5.41, 5.74) is 1.26. The molecule has 3 aromatic rings. The molecule has 4 rings (SSSR count). The van der Waals surface area contributed by atoms with Crippen LogP contribution < -0.4 is 9.47 Å². The number of fused-ring (bicyclic) bond motifs is 1. The normalized spacial score (nSPS) is 12.7. The van der Waals surface area contributed by atoms with Crippen molar-refractivity contribution in [2.75, 3.05) is 13.4 Å². The summed E-state index contributed by atoms with van der Waals surface area (Å²) in [6, 6.07) is 10.9. The number of carbonyl (C=O) groups is 2. The monoisotopic (exact) mass is 445 g/mol. The van der Waals surface area contributed by atoms with Crippen LogP contribution in [0, 0.1) is 13.8 Å². The third kappa shape index (κ3) is 4.05. The van der Waals surface area contributed by atoms with Crippen molar-refractivity contribution in [3.05, 3.63) is 76.6 Å². The van der Waals surface area contributed by atoms with Crippen LogP contribution in [0.5, 0.6) is 11.5 Å². The fourth-order valence-electron chi connectivity index (χ4n) is 3.58. The molecule has 32 heavy (non-hydrogen) atoms. The Morgan fingerprint density at radius 3 is 2.53 bits per heavy atom. The number of ether oxygens (including phenoxy) is 3. The lowest BCUT2D eigenvalue weighted by Crippen LogP contribution is -2.16. The molecule has 0 amide bonds. The molecule has 1 aromatic heterocycles. The fourth-order valence-corrected chi connectivity index (χ4v) is 3.58. The minimum atomic E-state index is -4.58. The van der Waals surface area contributed by atoms with Gasteiger partial charge in [0, 0.05) is 28.7 Å². The molecule has 0 atom stereocenters. The van der Waals surface area contributed by atoms with Gasteiger partial charge in [0.05, 0.1) is 11.1 Å². The van der Waals surface area contributed by atoms with Crippen LogP contribution in [0.25, 0.3) is 5.69 Å². The molecule has 0 bridgehead atoms. The van der Waals surface area contributed by atoms with E-state index in [1.807, 2.05) is 17.6 Å². The Labute approximate surface area is 181 Å². The molecule has 1 aliphatic rings. The van der Waals surface area contributed by atoms with Gasteiger partial charge in [0.25, 0.3) is 0 Å². The van der Waals surface area contributed by atoms with Gasteiger partial charge in [-0.05, 0) is 50.2 Å². The van der Waals surface area contributed by atoms with E-state index in [4.69, 9.17) is 14.2 Å². The van der Waals surface area contributed by atoms with E-state index in [1.54, 1.807) is 25.1 Å². The Morgan fingerprint density at radius 1 is 1.03 bits per heavy atom. The topological polar surface area (TPSA) is 66.8 Å². The summed E-state index contributed by atoms with van der Waals surface area (Å²) in [6.07, 6.45) is -4.58. The zero-order valence-electron chi connectivity index (χ0n) is 17.2. The fraction of sp³-hybridized carbons (Fsp3) is 0.217. The molecule has 0 N–H and O–H groups in total. The third-order valence-electron chi connectivity index (χ3n) is 5.11. The Kier molecular flexibility index (Phi) is 5.41. The molecular weight excluding hydrogens is 427 g/mol. The first-order chi connectivity index (χ1) is 15.1. The molecule has 166 valence electrons. The second-order valence-electron chi connectivity index (χ2n) is 7.24. The highest BCUT2D eigenvalue weighted by molar-refractivity contribution is 6.00. The SMILES string of the molecule is Cc1cc(C(=O)COC(=O)c2cccc(C(F)(F)F)c2)c(C)n1-c1ccc2c(c1)OCO2. The van der Waals surface area contributed by atoms with E-state index in [0.29, 0.717) is 28.8 Å². The van der Waals surface area contributed by atoms with Crippen LogP contribution in [-0.4, -0.2) is 29.7 Å². The summed E-state index contributed by atoms with van der Waals surface area (Å²) in [5.74, 6) is -0.244. The number of alkyl halides is 3. The minimum absolute atomic E-state index is 0.142. The summed E-state index contributed by atoms with van der Waals surface area (Å²) in [5, 5.41) is 0. The molecule has 0 spiro atoms. The molecule has 2 heterocycles. The maximum absolute atomic E-state index is 12.8. The number of halogens is 3. The number of esters is 1. The zero-order chi connectivity index (χ0) is 23.0. The standard InChI is InChI=1S/C23H18F3NO5/c1-13-8-18(14(2)27(13)17-6-7-20-21(10-17)32-12-31-20)19(28)11-30-22(29)15-4-3-5-16(9-15)23(24,25)26/h3-10H,11-12H2,1-2H3. The maximum Gasteiger partial charge on any atom is 0.416 e. The highest BCUT2D eigenvalue weighted by Crippen LogP contribution is 2.35. The van der Waals surface area contributed by atoms with Crippen LogP contribution in [0.1, 0.15) is 37.7 Å². The minimum Gasteiger partial charge on any atom is -0.454 e. The molecule has 0 saturated heterocycles. The average Bonchev–Trinajstić information content (AvgIpc) is 3.34. The van der Waals surface area contributed by atoms with Crippen molar-refractivity contribution in [3.8, 4) is 17.2 Å². The number of nitrogens with zero attached hydrogens (tertiary/aromatic N) is 1. The van der Waals surface area contributed by atoms with Gasteiger partial charge in [-0.1, -0.05) is 6.07 Å². The van der Waals surface area contributed by atoms with Gasteiger partial charge in [0.15, 0.2) is 18.1 Å². The third-order valence-corrected chi connectivity index (χ3v) is 5.11. The molecule has 0 unspecified atom stereocenters. The van der Waals surface area contributed by atoms with Crippen molar-refractivity contribution >= 4 is 11.8 Å². The molecule has 0 radical (unpaired) electrons. The van der Waals surface area contributed by atoms with Gasteiger partial charge < -0.3 is 18.8 Å². The Morgan fingerprint density at radius 2 is 1.78 bits per heavy atom. The number of hydrogen-bond acceptors (Lipinski definition) is 5. The van der Waals surface area contributed by atoms with Gasteiger partial charge in [-0.3, -0.25) is 4.79 Å². The molecule has 1 aliphatic heterocycles. The number of aryl methyl sites for hydroxylation is 1. The van der Waals surface area contributed by atoms with Gasteiger partial charge >= 0.3 is 12.1 Å². The Balaban J connectivity index is 1.50. The Bertz CT molecular complexity index is 1210. The molecular formula is C23H18F3NO5. The molecule has 0 aliphatic carbocycles. The van der Waals surface area contributed by atoms with Crippen LogP contribution in [0.15, 0.2) is 48.5 Å². The highest BCUT2D eigenvalue weighted by Gasteiger charge is 2.31. The second-order valence-corrected chi connectivity index (χ2v) is 7.24. The average molecular weight is 445 g/mol. The van der Waals surface area contributed by atoms with Gasteiger partial charge in [-0.2, -0.15) is 13.2 Å². The van der Waals surface area contributed by atoms with Gasteiger partial charge in [-0.15, -0.1) is 0 Å². The number of carbonyl (C=O) groups excluding carboxylic acids is 2. The van der Waals surface area contributed by atoms with Crippen LogP contribution >= 0.6 is 0 Å². The van der Waals surface area contributed by atoms with Crippen LogP contribution in [0.3, 0.4) is 0 Å². The molecule has 9 heteroatoms. The Hall–Kier alpha value is -3.75. The van der Waals surface area contributed by atoms with Crippen molar-refractivity contribution in [2.45, 2.75) is 20.0 Å². The van der Waals surface area contributed by atoms with E-state index < -0.39 is 30.1 Å². The number of benzene rings is 2. The summed E-state index contributed by atoms with van der Waals surface area (Å²) < 4.78 is 56.1. The first-order valence-electron chi connectivity index (χ1n) is 9.61. The number of Topliss-reactive ketones (excluding diaryl/α,β-unsaturated/α-hetero) is 1. The van der Waals surface area contributed by atoms with Crippen LogP contribution in [0.4, 0.5) is 13.2 Å². The molecule has 6 nitrogen and oxygen atoms in total. The largest absolute Gasteiger partial charge is 0.454 e. The summed E-state index contributed by atoms with van der Waals surface area (Å²) >= 11 is 0. The van der Waals surface area contributed by atoms with Gasteiger partial charge in [0.2, 0.25) is 12.6 Å². The lowest BCUT2D eigenvalue weighted by molar-refractivity contribution is -0.137. The van der Waals surface area contributed by atoms with Crippen molar-refractivity contribution in [1.29, 1.82) is 0 Å². The van der Waals surface area contributed by atoms with E-state index in [9.17, 15) is 22.8 Å². The number of ketones is 1. The van der Waals surface area contributed by atoms with E-state index in [2.05, 4.69) is 0 Å². The van der Waals surface area contributed by atoms with Gasteiger partial charge in [-0.25, -0.2) is 4.79 Å². The highest BCUT2D eigenvalue weighted by atomic mass is 19.4. The predicted octanol–water partition coefficient (Wildman–Crippen LogP) is 4.88. The van der Waals surface area contributed by atoms with E-state index in [0.717, 1.165) is 23.5 Å². The maximum atomic E-state index is 12.8. The number of hydrogen-bond donors (Lipinski definition) is 0. The summed E-state index contributed by atoms with van der Waals surface area (Å²) in [7, 11) is 0. The molecule has 0 fully saturated rings.